The highest BCUT2D eigenvalue weighted by molar-refractivity contribution is 6.28. The summed E-state index contributed by atoms with van der Waals surface area (Å²) in [6.07, 6.45) is 3.76. The molecular formula is C19H21ClN4O4. The second-order valence-corrected chi connectivity index (χ2v) is 6.94. The van der Waals surface area contributed by atoms with E-state index in [9.17, 15) is 14.7 Å². The Bertz CT molecular complexity index is 826. The Morgan fingerprint density at radius 3 is 2.50 bits per heavy atom. The predicted molar refractivity (Wildman–Crippen MR) is 103 cm³/mol. The summed E-state index contributed by atoms with van der Waals surface area (Å²) in [6.45, 7) is 0.232. The fraction of sp³-hybridized carbons (Fsp3) is 0.368. The summed E-state index contributed by atoms with van der Waals surface area (Å²) in [5.41, 5.74) is 0.914. The standard InChI is InChI=1S/C19H21ClN4O4/c20-18-21-10-15(17(25)26)16(24-18)22-13-6-8-14(9-7-13)23-19(27)28-11-12-4-2-1-3-5-12/h1-5,10,13-14H,6-9,11H2,(H,23,27)(H,25,26)(H,21,22,24). The van der Waals surface area contributed by atoms with E-state index in [1.165, 1.54) is 6.20 Å². The van der Waals surface area contributed by atoms with Crippen molar-refractivity contribution in [1.82, 2.24) is 15.3 Å². The maximum atomic E-state index is 12.0. The lowest BCUT2D eigenvalue weighted by atomic mass is 9.91. The van der Waals surface area contributed by atoms with Gasteiger partial charge in [0.1, 0.15) is 18.0 Å². The number of halogens is 1. The Kier molecular flexibility index (Phi) is 6.65. The van der Waals surface area contributed by atoms with E-state index >= 15 is 0 Å². The van der Waals surface area contributed by atoms with Gasteiger partial charge in [-0.05, 0) is 42.8 Å². The molecule has 1 heterocycles. The number of aromatic nitrogens is 2. The molecule has 1 aliphatic rings. The number of nitrogens with zero attached hydrogens (tertiary/aromatic N) is 2. The van der Waals surface area contributed by atoms with Gasteiger partial charge in [-0.3, -0.25) is 0 Å². The Hall–Kier alpha value is -2.87. The second-order valence-electron chi connectivity index (χ2n) is 6.61. The van der Waals surface area contributed by atoms with E-state index in [1.807, 2.05) is 30.3 Å². The molecule has 1 fully saturated rings. The van der Waals surface area contributed by atoms with Crippen LogP contribution in [0.5, 0.6) is 0 Å². The molecule has 9 heteroatoms. The van der Waals surface area contributed by atoms with Gasteiger partial charge in [-0.2, -0.15) is 4.98 Å². The maximum absolute atomic E-state index is 12.0. The van der Waals surface area contributed by atoms with E-state index in [-0.39, 0.29) is 35.4 Å². The van der Waals surface area contributed by atoms with Crippen molar-refractivity contribution in [3.63, 3.8) is 0 Å². The van der Waals surface area contributed by atoms with E-state index in [1.54, 1.807) is 0 Å². The van der Waals surface area contributed by atoms with Gasteiger partial charge in [0.25, 0.3) is 0 Å². The zero-order valence-corrected chi connectivity index (χ0v) is 15.9. The Morgan fingerprint density at radius 1 is 1.14 bits per heavy atom. The lowest BCUT2D eigenvalue weighted by Crippen LogP contribution is -2.40. The van der Waals surface area contributed by atoms with Crippen molar-refractivity contribution in [3.8, 4) is 0 Å². The molecule has 148 valence electrons. The first-order valence-corrected chi connectivity index (χ1v) is 9.38. The van der Waals surface area contributed by atoms with Gasteiger partial charge < -0.3 is 20.5 Å². The summed E-state index contributed by atoms with van der Waals surface area (Å²) >= 11 is 5.78. The quantitative estimate of drug-likeness (QED) is 0.631. The van der Waals surface area contributed by atoms with Crippen molar-refractivity contribution < 1.29 is 19.4 Å². The fourth-order valence-electron chi connectivity index (χ4n) is 3.13. The molecule has 0 saturated heterocycles. The second kappa shape index (κ2) is 9.36. The van der Waals surface area contributed by atoms with Crippen molar-refractivity contribution in [2.75, 3.05) is 5.32 Å². The zero-order valence-electron chi connectivity index (χ0n) is 15.1. The Balaban J connectivity index is 1.45. The number of aromatic carboxylic acids is 1. The number of nitrogens with one attached hydrogen (secondary N) is 2. The molecule has 0 bridgehead atoms. The van der Waals surface area contributed by atoms with Crippen molar-refractivity contribution in [2.45, 2.75) is 44.4 Å². The maximum Gasteiger partial charge on any atom is 0.407 e. The lowest BCUT2D eigenvalue weighted by Gasteiger charge is -2.30. The SMILES string of the molecule is O=C(NC1CCC(Nc2nc(Cl)ncc2C(=O)O)CC1)OCc1ccccc1. The summed E-state index contributed by atoms with van der Waals surface area (Å²) in [7, 11) is 0. The van der Waals surface area contributed by atoms with Gasteiger partial charge in [-0.25, -0.2) is 14.6 Å². The summed E-state index contributed by atoms with van der Waals surface area (Å²) in [4.78, 5) is 30.9. The van der Waals surface area contributed by atoms with Crippen LogP contribution in [0.25, 0.3) is 0 Å². The van der Waals surface area contributed by atoms with Crippen molar-refractivity contribution in [1.29, 1.82) is 0 Å². The van der Waals surface area contributed by atoms with E-state index < -0.39 is 12.1 Å². The third-order valence-corrected chi connectivity index (χ3v) is 4.77. The molecule has 3 N–H and O–H groups in total. The topological polar surface area (TPSA) is 113 Å². The first-order chi connectivity index (χ1) is 13.5. The van der Waals surface area contributed by atoms with Gasteiger partial charge in [-0.1, -0.05) is 30.3 Å². The van der Waals surface area contributed by atoms with Crippen LogP contribution in [0.1, 0.15) is 41.6 Å². The molecule has 0 radical (unpaired) electrons. The lowest BCUT2D eigenvalue weighted by molar-refractivity contribution is 0.0697. The minimum atomic E-state index is -1.12. The normalized spacial score (nSPS) is 18.9. The van der Waals surface area contributed by atoms with Gasteiger partial charge in [0.2, 0.25) is 5.28 Å². The fourth-order valence-corrected chi connectivity index (χ4v) is 3.27. The Labute approximate surface area is 167 Å². The monoisotopic (exact) mass is 404 g/mol. The number of anilines is 1. The minimum Gasteiger partial charge on any atom is -0.477 e. The van der Waals surface area contributed by atoms with Gasteiger partial charge in [-0.15, -0.1) is 0 Å². The highest BCUT2D eigenvalue weighted by Gasteiger charge is 2.24. The highest BCUT2D eigenvalue weighted by atomic mass is 35.5. The van der Waals surface area contributed by atoms with Crippen molar-refractivity contribution in [3.05, 3.63) is 52.9 Å². The van der Waals surface area contributed by atoms with Crippen LogP contribution < -0.4 is 10.6 Å². The molecule has 1 saturated carbocycles. The van der Waals surface area contributed by atoms with Gasteiger partial charge in [0.05, 0.1) is 0 Å². The predicted octanol–water partition coefficient (Wildman–Crippen LogP) is 3.48. The molecule has 2 aromatic rings. The van der Waals surface area contributed by atoms with Crippen molar-refractivity contribution in [2.24, 2.45) is 0 Å². The number of carbonyl (C=O) groups is 2. The molecule has 0 atom stereocenters. The first kappa shape index (κ1) is 19.9. The summed E-state index contributed by atoms with van der Waals surface area (Å²) in [6, 6.07) is 9.56. The number of alkyl carbamates (subject to hydrolysis) is 1. The number of rotatable bonds is 6. The largest absolute Gasteiger partial charge is 0.477 e. The molecule has 28 heavy (non-hydrogen) atoms. The average Bonchev–Trinajstić information content (AvgIpc) is 2.68. The number of benzene rings is 1. The van der Waals surface area contributed by atoms with Gasteiger partial charge in [0, 0.05) is 18.3 Å². The van der Waals surface area contributed by atoms with E-state index in [4.69, 9.17) is 16.3 Å². The molecule has 3 rings (SSSR count). The highest BCUT2D eigenvalue weighted by Crippen LogP contribution is 2.24. The van der Waals surface area contributed by atoms with Crippen LogP contribution in [0.3, 0.4) is 0 Å². The Morgan fingerprint density at radius 2 is 1.82 bits per heavy atom. The number of ether oxygens (including phenoxy) is 1. The van der Waals surface area contributed by atoms with E-state index in [0.717, 1.165) is 31.2 Å². The molecule has 1 amide bonds. The minimum absolute atomic E-state index is 0.0102. The number of amides is 1. The molecule has 1 aliphatic carbocycles. The third-order valence-electron chi connectivity index (χ3n) is 4.59. The number of carboxylic acid groups (broad SMARTS) is 1. The molecule has 0 spiro atoms. The van der Waals surface area contributed by atoms with Crippen LogP contribution in [-0.4, -0.2) is 39.2 Å². The number of hydrogen-bond donors (Lipinski definition) is 3. The van der Waals surface area contributed by atoms with E-state index in [0.29, 0.717) is 0 Å². The number of carboxylic acids is 1. The first-order valence-electron chi connectivity index (χ1n) is 9.01. The molecule has 0 aliphatic heterocycles. The third kappa shape index (κ3) is 5.56. The van der Waals surface area contributed by atoms with Crippen molar-refractivity contribution >= 4 is 29.5 Å². The van der Waals surface area contributed by atoms with Crippen LogP contribution in [0.2, 0.25) is 5.28 Å². The van der Waals surface area contributed by atoms with Gasteiger partial charge in [0.15, 0.2) is 0 Å². The zero-order chi connectivity index (χ0) is 19.9. The van der Waals surface area contributed by atoms with Crippen LogP contribution in [-0.2, 0) is 11.3 Å². The molecule has 1 aromatic carbocycles. The molecular weight excluding hydrogens is 384 g/mol. The smallest absolute Gasteiger partial charge is 0.407 e. The summed E-state index contributed by atoms with van der Waals surface area (Å²) in [5.74, 6) is -0.901. The van der Waals surface area contributed by atoms with Crippen LogP contribution in [0.15, 0.2) is 36.5 Å². The number of carbonyl (C=O) groups excluding carboxylic acids is 1. The summed E-state index contributed by atoms with van der Waals surface area (Å²) in [5, 5.41) is 15.2. The number of hydrogen-bond acceptors (Lipinski definition) is 6. The molecule has 0 unspecified atom stereocenters. The average molecular weight is 405 g/mol. The molecule has 8 nitrogen and oxygen atoms in total. The van der Waals surface area contributed by atoms with Crippen LogP contribution >= 0.6 is 11.6 Å². The van der Waals surface area contributed by atoms with E-state index in [2.05, 4.69) is 20.6 Å². The van der Waals surface area contributed by atoms with Crippen LogP contribution in [0, 0.1) is 0 Å². The van der Waals surface area contributed by atoms with Crippen LogP contribution in [0.4, 0.5) is 10.6 Å². The molecule has 1 aromatic heterocycles. The van der Waals surface area contributed by atoms with Gasteiger partial charge >= 0.3 is 12.1 Å². The summed E-state index contributed by atoms with van der Waals surface area (Å²) < 4.78 is 5.25.